The molecule has 0 bridgehead atoms. The number of benzene rings is 3. The number of anilines is 2. The SMILES string of the molecule is CC(C)(O)CCP(=O)(O)c1ccccc1Cc1ccc(C(=O)Nc2cc(-c3cccs3)ccc2N)cc1. The van der Waals surface area contributed by atoms with Crippen LogP contribution in [0.3, 0.4) is 0 Å². The molecule has 1 aromatic heterocycles. The first-order valence-corrected chi connectivity index (χ1v) is 14.7. The summed E-state index contributed by atoms with van der Waals surface area (Å²) in [6.07, 6.45) is 0.671. The fourth-order valence-electron chi connectivity index (χ4n) is 4.00. The number of hydrogen-bond acceptors (Lipinski definition) is 5. The zero-order chi connectivity index (χ0) is 26.6. The van der Waals surface area contributed by atoms with Crippen LogP contribution < -0.4 is 16.4 Å². The summed E-state index contributed by atoms with van der Waals surface area (Å²) in [5.74, 6) is -0.270. The molecule has 8 heteroatoms. The van der Waals surface area contributed by atoms with Gasteiger partial charge in [-0.05, 0) is 85.2 Å². The highest BCUT2D eigenvalue weighted by molar-refractivity contribution is 7.66. The van der Waals surface area contributed by atoms with Crippen molar-refractivity contribution in [2.24, 2.45) is 0 Å². The zero-order valence-electron chi connectivity index (χ0n) is 20.8. The van der Waals surface area contributed by atoms with E-state index in [1.807, 2.05) is 53.9 Å². The van der Waals surface area contributed by atoms with Gasteiger partial charge in [-0.15, -0.1) is 11.3 Å². The fourth-order valence-corrected chi connectivity index (χ4v) is 6.73. The lowest BCUT2D eigenvalue weighted by molar-refractivity contribution is 0.0767. The van der Waals surface area contributed by atoms with E-state index in [1.165, 1.54) is 0 Å². The Kier molecular flexibility index (Phi) is 8.00. The summed E-state index contributed by atoms with van der Waals surface area (Å²) in [4.78, 5) is 24.8. The normalized spacial score (nSPS) is 13.2. The number of hydrogen-bond donors (Lipinski definition) is 4. The summed E-state index contributed by atoms with van der Waals surface area (Å²) in [6, 6.07) is 23.8. The van der Waals surface area contributed by atoms with Gasteiger partial charge >= 0.3 is 0 Å². The van der Waals surface area contributed by atoms with E-state index in [0.29, 0.717) is 28.7 Å². The molecule has 192 valence electrons. The van der Waals surface area contributed by atoms with Gasteiger partial charge in [-0.25, -0.2) is 0 Å². The second kappa shape index (κ2) is 11.0. The van der Waals surface area contributed by atoms with Gasteiger partial charge in [0.1, 0.15) is 0 Å². The van der Waals surface area contributed by atoms with Gasteiger partial charge in [0.15, 0.2) is 0 Å². The number of nitrogen functional groups attached to an aromatic ring is 1. The molecular formula is C29H31N2O4PS. The van der Waals surface area contributed by atoms with E-state index in [1.54, 1.807) is 55.5 Å². The molecular weight excluding hydrogens is 503 g/mol. The highest BCUT2D eigenvalue weighted by Gasteiger charge is 2.27. The van der Waals surface area contributed by atoms with Crippen molar-refractivity contribution < 1.29 is 19.4 Å². The minimum atomic E-state index is -3.64. The Balaban J connectivity index is 1.48. The van der Waals surface area contributed by atoms with Crippen molar-refractivity contribution in [2.45, 2.75) is 32.3 Å². The van der Waals surface area contributed by atoms with Crippen LogP contribution in [0.5, 0.6) is 0 Å². The number of rotatable bonds is 9. The van der Waals surface area contributed by atoms with E-state index >= 15 is 0 Å². The van der Waals surface area contributed by atoms with Crippen LogP contribution in [0.1, 0.15) is 41.8 Å². The third-order valence-electron chi connectivity index (χ3n) is 6.11. The molecule has 0 aliphatic heterocycles. The molecule has 0 fully saturated rings. The monoisotopic (exact) mass is 534 g/mol. The number of aliphatic hydroxyl groups is 1. The Bertz CT molecular complexity index is 1430. The molecule has 1 unspecified atom stereocenters. The average molecular weight is 535 g/mol. The highest BCUT2D eigenvalue weighted by Crippen LogP contribution is 2.42. The van der Waals surface area contributed by atoms with E-state index in [0.717, 1.165) is 21.6 Å². The Morgan fingerprint density at radius 3 is 2.43 bits per heavy atom. The van der Waals surface area contributed by atoms with Gasteiger partial charge in [-0.1, -0.05) is 42.5 Å². The molecule has 6 nitrogen and oxygen atoms in total. The van der Waals surface area contributed by atoms with Gasteiger partial charge < -0.3 is 21.1 Å². The maximum absolute atomic E-state index is 13.1. The third-order valence-corrected chi connectivity index (χ3v) is 9.05. The van der Waals surface area contributed by atoms with Gasteiger partial charge in [-0.3, -0.25) is 9.36 Å². The van der Waals surface area contributed by atoms with E-state index in [4.69, 9.17) is 5.73 Å². The smallest absolute Gasteiger partial charge is 0.255 e. The largest absolute Gasteiger partial charge is 0.397 e. The lowest BCUT2D eigenvalue weighted by atomic mass is 10.0. The van der Waals surface area contributed by atoms with Crippen LogP contribution in [0.25, 0.3) is 10.4 Å². The molecule has 4 aromatic rings. The van der Waals surface area contributed by atoms with Crippen LogP contribution in [-0.2, 0) is 11.0 Å². The summed E-state index contributed by atoms with van der Waals surface area (Å²) in [5, 5.41) is 15.3. The number of amides is 1. The first-order chi connectivity index (χ1) is 17.5. The first kappa shape index (κ1) is 26.8. The summed E-state index contributed by atoms with van der Waals surface area (Å²) in [6.45, 7) is 3.26. The fraction of sp³-hybridized carbons (Fsp3) is 0.207. The molecule has 0 saturated carbocycles. The summed E-state index contributed by atoms with van der Waals surface area (Å²) in [7, 11) is -3.64. The minimum Gasteiger partial charge on any atom is -0.397 e. The standard InChI is InChI=1S/C29H31N2O4PS/c1-29(2,33)15-16-36(34,35)26-7-4-3-6-22(26)18-20-9-11-21(12-10-20)28(32)31-25-19-23(13-14-24(25)30)27-8-5-17-37-27/h3-14,17,19,33H,15-16,18,30H2,1-2H3,(H,31,32)(H,34,35). The molecule has 0 aliphatic carbocycles. The van der Waals surface area contributed by atoms with Crippen LogP contribution in [0.15, 0.2) is 84.2 Å². The lowest BCUT2D eigenvalue weighted by Gasteiger charge is -2.21. The Morgan fingerprint density at radius 2 is 1.76 bits per heavy atom. The van der Waals surface area contributed by atoms with Crippen LogP contribution in [0, 0.1) is 0 Å². The second-order valence-corrected chi connectivity index (χ2v) is 13.0. The molecule has 0 aliphatic rings. The molecule has 1 atom stereocenters. The molecule has 0 spiro atoms. The Labute approximate surface area is 221 Å². The number of nitrogens with two attached hydrogens (primary N) is 1. The minimum absolute atomic E-state index is 0.00341. The van der Waals surface area contributed by atoms with Crippen molar-refractivity contribution in [1.29, 1.82) is 0 Å². The number of thiophene rings is 1. The molecule has 0 radical (unpaired) electrons. The number of carbonyl (C=O) groups excluding carboxylic acids is 1. The second-order valence-electron chi connectivity index (χ2n) is 9.72. The van der Waals surface area contributed by atoms with Crippen molar-refractivity contribution in [1.82, 2.24) is 0 Å². The van der Waals surface area contributed by atoms with Crippen molar-refractivity contribution in [3.05, 3.63) is 101 Å². The summed E-state index contributed by atoms with van der Waals surface area (Å²) >= 11 is 1.62. The van der Waals surface area contributed by atoms with E-state index in [-0.39, 0.29) is 18.5 Å². The third kappa shape index (κ3) is 6.96. The topological polar surface area (TPSA) is 113 Å². The maximum atomic E-state index is 13.1. The van der Waals surface area contributed by atoms with Crippen LogP contribution >= 0.6 is 18.7 Å². The molecule has 0 saturated heterocycles. The molecule has 37 heavy (non-hydrogen) atoms. The van der Waals surface area contributed by atoms with Crippen molar-refractivity contribution in [3.8, 4) is 10.4 Å². The average Bonchev–Trinajstić information content (AvgIpc) is 3.40. The quantitative estimate of drug-likeness (QED) is 0.158. The molecule has 5 N–H and O–H groups in total. The van der Waals surface area contributed by atoms with Crippen LogP contribution in [-0.4, -0.2) is 27.7 Å². The highest BCUT2D eigenvalue weighted by atomic mass is 32.1. The summed E-state index contributed by atoms with van der Waals surface area (Å²) < 4.78 is 13.1. The molecule has 1 heterocycles. The predicted octanol–water partition coefficient (Wildman–Crippen LogP) is 5.90. The van der Waals surface area contributed by atoms with Gasteiger partial charge in [0, 0.05) is 21.9 Å². The Hall–Kier alpha value is -3.22. The maximum Gasteiger partial charge on any atom is 0.255 e. The molecule has 4 rings (SSSR count). The van der Waals surface area contributed by atoms with E-state index < -0.39 is 13.0 Å². The van der Waals surface area contributed by atoms with Gasteiger partial charge in [0.05, 0.1) is 17.0 Å². The molecule has 3 aromatic carbocycles. The van der Waals surface area contributed by atoms with Gasteiger partial charge in [0.2, 0.25) is 7.37 Å². The van der Waals surface area contributed by atoms with Crippen molar-refractivity contribution >= 4 is 41.3 Å². The lowest BCUT2D eigenvalue weighted by Crippen LogP contribution is -2.22. The van der Waals surface area contributed by atoms with Crippen molar-refractivity contribution in [3.63, 3.8) is 0 Å². The zero-order valence-corrected chi connectivity index (χ0v) is 22.6. The van der Waals surface area contributed by atoms with Gasteiger partial charge in [0.25, 0.3) is 5.91 Å². The Morgan fingerprint density at radius 1 is 1.03 bits per heavy atom. The summed E-state index contributed by atoms with van der Waals surface area (Å²) in [5.41, 5.74) is 9.25. The molecule has 1 amide bonds. The van der Waals surface area contributed by atoms with Gasteiger partial charge in [-0.2, -0.15) is 0 Å². The number of carbonyl (C=O) groups is 1. The van der Waals surface area contributed by atoms with E-state index in [9.17, 15) is 19.4 Å². The number of nitrogens with one attached hydrogen (secondary N) is 1. The van der Waals surface area contributed by atoms with Crippen molar-refractivity contribution in [2.75, 3.05) is 17.2 Å². The predicted molar refractivity (Wildman–Crippen MR) is 153 cm³/mol. The first-order valence-electron chi connectivity index (χ1n) is 12.0. The van der Waals surface area contributed by atoms with Crippen LogP contribution in [0.4, 0.5) is 11.4 Å². The van der Waals surface area contributed by atoms with Crippen LogP contribution in [0.2, 0.25) is 0 Å². The van der Waals surface area contributed by atoms with E-state index in [2.05, 4.69) is 5.32 Å².